The van der Waals surface area contributed by atoms with Gasteiger partial charge in [0.15, 0.2) is 17.4 Å². The number of ether oxygens (including phenoxy) is 2. The predicted octanol–water partition coefficient (Wildman–Crippen LogP) is 5.21. The van der Waals surface area contributed by atoms with Crippen LogP contribution in [0.2, 0.25) is 0 Å². The number of hydrogen-bond donors (Lipinski definition) is 2. The molecule has 1 aliphatic carbocycles. The largest absolute Gasteiger partial charge is 0.493 e. The minimum absolute atomic E-state index is 0.0316. The van der Waals surface area contributed by atoms with E-state index in [1.807, 2.05) is 0 Å². The van der Waals surface area contributed by atoms with E-state index >= 15 is 8.78 Å². The van der Waals surface area contributed by atoms with Gasteiger partial charge in [0.05, 0.1) is 23.7 Å². The van der Waals surface area contributed by atoms with E-state index in [1.54, 1.807) is 0 Å². The number of ketones is 1. The van der Waals surface area contributed by atoms with Gasteiger partial charge >= 0.3 is 5.97 Å². The summed E-state index contributed by atoms with van der Waals surface area (Å²) in [5.41, 5.74) is 8.89. The lowest BCUT2D eigenvalue weighted by Crippen LogP contribution is -2.25. The van der Waals surface area contributed by atoms with E-state index in [0.29, 0.717) is 42.9 Å². The number of esters is 1. The molecule has 1 aromatic heterocycles. The van der Waals surface area contributed by atoms with Gasteiger partial charge in [-0.05, 0) is 76.1 Å². The average molecular weight is 604 g/mol. The second kappa shape index (κ2) is 14.3. The van der Waals surface area contributed by atoms with E-state index in [0.717, 1.165) is 62.1 Å². The molecule has 4 N–H and O–H groups in total. The topological polar surface area (TPSA) is 127 Å². The van der Waals surface area contributed by atoms with Crippen molar-refractivity contribution < 1.29 is 36.6 Å². The Balaban J connectivity index is 1.42. The first-order chi connectivity index (χ1) is 20.6. The molecule has 1 saturated carbocycles. The van der Waals surface area contributed by atoms with Crippen molar-refractivity contribution in [2.45, 2.75) is 57.5 Å². The number of benzene rings is 2. The maximum absolute atomic E-state index is 15.2. The molecule has 12 heteroatoms. The number of hydrogen-bond acceptors (Lipinski definition) is 7. The molecule has 43 heavy (non-hydrogen) atoms. The second-order valence-electron chi connectivity index (χ2n) is 10.5. The van der Waals surface area contributed by atoms with Crippen LogP contribution >= 0.6 is 0 Å². The summed E-state index contributed by atoms with van der Waals surface area (Å²) < 4.78 is 69.4. The first kappa shape index (κ1) is 31.7. The Kier molecular flexibility index (Phi) is 10.6. The number of pyridine rings is 1. The Hall–Kier alpha value is -4.19. The third-order valence-corrected chi connectivity index (χ3v) is 7.41. The molecule has 1 atom stereocenters. The molecule has 0 amide bonds. The molecule has 0 bridgehead atoms. The first-order valence-corrected chi connectivity index (χ1v) is 14.1. The van der Waals surface area contributed by atoms with Gasteiger partial charge in [0.2, 0.25) is 0 Å². The summed E-state index contributed by atoms with van der Waals surface area (Å²) in [5, 5.41) is 0. The van der Waals surface area contributed by atoms with E-state index < -0.39 is 57.2 Å². The number of aromatic nitrogens is 1. The Morgan fingerprint density at radius 1 is 0.907 bits per heavy atom. The van der Waals surface area contributed by atoms with Gasteiger partial charge in [-0.2, -0.15) is 0 Å². The van der Waals surface area contributed by atoms with Gasteiger partial charge in [-0.15, -0.1) is 0 Å². The van der Waals surface area contributed by atoms with Crippen LogP contribution in [-0.2, 0) is 9.53 Å². The van der Waals surface area contributed by atoms with Crippen LogP contribution in [0.15, 0.2) is 47.3 Å². The van der Waals surface area contributed by atoms with Crippen molar-refractivity contribution in [3.05, 3.63) is 87.2 Å². The average Bonchev–Trinajstić information content (AvgIpc) is 3.46. The number of nitrogens with two attached hydrogens (primary N) is 2. The van der Waals surface area contributed by atoms with Crippen molar-refractivity contribution in [3.63, 3.8) is 0 Å². The molecule has 0 aliphatic heterocycles. The fraction of sp³-hybridized carbons (Fsp3) is 0.387. The van der Waals surface area contributed by atoms with Gasteiger partial charge in [0.25, 0.3) is 5.56 Å². The normalized spacial score (nSPS) is 14.1. The monoisotopic (exact) mass is 603 g/mol. The molecule has 3 aromatic rings. The first-order valence-electron chi connectivity index (χ1n) is 14.1. The zero-order valence-corrected chi connectivity index (χ0v) is 23.4. The summed E-state index contributed by atoms with van der Waals surface area (Å²) >= 11 is 0. The highest BCUT2D eigenvalue weighted by atomic mass is 19.1. The van der Waals surface area contributed by atoms with Crippen molar-refractivity contribution in [1.82, 2.24) is 4.57 Å². The van der Waals surface area contributed by atoms with Crippen LogP contribution in [0.25, 0.3) is 5.69 Å². The zero-order valence-electron chi connectivity index (χ0n) is 23.4. The lowest BCUT2D eigenvalue weighted by Gasteiger charge is -2.18. The van der Waals surface area contributed by atoms with E-state index in [1.165, 1.54) is 0 Å². The third kappa shape index (κ3) is 7.61. The molecular weight excluding hydrogens is 570 g/mol. The Morgan fingerprint density at radius 2 is 1.58 bits per heavy atom. The summed E-state index contributed by atoms with van der Waals surface area (Å²) in [5.74, 6) is -6.83. The molecule has 230 valence electrons. The molecule has 1 fully saturated rings. The number of unbranched alkanes of at least 4 members (excludes halogenated alkanes) is 1. The van der Waals surface area contributed by atoms with Gasteiger partial charge in [0.1, 0.15) is 35.0 Å². The van der Waals surface area contributed by atoms with E-state index in [2.05, 4.69) is 0 Å². The Bertz CT molecular complexity index is 1520. The van der Waals surface area contributed by atoms with E-state index in [4.69, 9.17) is 20.9 Å². The van der Waals surface area contributed by atoms with Crippen molar-refractivity contribution in [2.24, 2.45) is 11.7 Å². The van der Waals surface area contributed by atoms with Crippen LogP contribution in [0.3, 0.4) is 0 Å². The number of anilines is 1. The molecule has 0 radical (unpaired) electrons. The number of nitrogen functional groups attached to an aromatic ring is 1. The van der Waals surface area contributed by atoms with Crippen LogP contribution in [0.1, 0.15) is 67.3 Å². The molecular formula is C31H33F4N3O5. The van der Waals surface area contributed by atoms with Gasteiger partial charge in [-0.1, -0.05) is 0 Å². The minimum Gasteiger partial charge on any atom is -0.493 e. The number of carbonyl (C=O) groups excluding carboxylic acids is 2. The summed E-state index contributed by atoms with van der Waals surface area (Å²) in [4.78, 5) is 38.0. The van der Waals surface area contributed by atoms with Crippen molar-refractivity contribution in [1.29, 1.82) is 0 Å². The lowest BCUT2D eigenvalue weighted by molar-refractivity contribution is -0.154. The fourth-order valence-electron chi connectivity index (χ4n) is 5.17. The Morgan fingerprint density at radius 3 is 2.23 bits per heavy atom. The predicted molar refractivity (Wildman–Crippen MR) is 151 cm³/mol. The van der Waals surface area contributed by atoms with Crippen LogP contribution in [-0.4, -0.2) is 35.6 Å². The van der Waals surface area contributed by atoms with Crippen LogP contribution in [0, 0.1) is 29.2 Å². The molecule has 0 spiro atoms. The molecule has 0 saturated heterocycles. The zero-order chi connectivity index (χ0) is 31.1. The maximum atomic E-state index is 15.2. The third-order valence-electron chi connectivity index (χ3n) is 7.41. The lowest BCUT2D eigenvalue weighted by atomic mass is 9.98. The molecule has 4 rings (SSSR count). The fourth-order valence-corrected chi connectivity index (χ4v) is 5.17. The highest BCUT2D eigenvalue weighted by Crippen LogP contribution is 2.28. The summed E-state index contributed by atoms with van der Waals surface area (Å²) in [6.07, 6.45) is 5.93. The van der Waals surface area contributed by atoms with Crippen LogP contribution in [0.4, 0.5) is 23.4 Å². The smallest absolute Gasteiger partial charge is 0.309 e. The summed E-state index contributed by atoms with van der Waals surface area (Å²) in [6, 6.07) is 5.86. The maximum Gasteiger partial charge on any atom is 0.309 e. The van der Waals surface area contributed by atoms with Crippen LogP contribution in [0.5, 0.6) is 5.75 Å². The Labute approximate surface area is 245 Å². The van der Waals surface area contributed by atoms with Gasteiger partial charge in [-0.25, -0.2) is 17.6 Å². The van der Waals surface area contributed by atoms with Crippen molar-refractivity contribution in [2.75, 3.05) is 18.9 Å². The molecule has 2 aromatic carbocycles. The number of carbonyl (C=O) groups is 2. The molecule has 8 nitrogen and oxygen atoms in total. The quantitative estimate of drug-likeness (QED) is 0.119. The molecule has 1 heterocycles. The van der Waals surface area contributed by atoms with Gasteiger partial charge < -0.3 is 20.9 Å². The summed E-state index contributed by atoms with van der Waals surface area (Å²) in [6.45, 7) is 0.445. The van der Waals surface area contributed by atoms with E-state index in [9.17, 15) is 23.2 Å². The second-order valence-corrected chi connectivity index (χ2v) is 10.5. The van der Waals surface area contributed by atoms with E-state index in [-0.39, 0.29) is 30.3 Å². The summed E-state index contributed by atoms with van der Waals surface area (Å²) in [7, 11) is 0. The molecule has 0 unspecified atom stereocenters. The standard InChI is InChI=1S/C31H33F4N3O5/c32-19-8-9-22(24(33)15-19)29(40)23-10-11-27(39)38(30(23)37)28-25(34)16-21(17-26(28)35)42-14-4-3-5-18(12-13-36)31(41)43-20-6-1-2-7-20/h8-11,15-18,20H,1-7,12-14,36-37H2/t18-/m0/s1. The highest BCUT2D eigenvalue weighted by Gasteiger charge is 2.26. The minimum atomic E-state index is -1.20. The van der Waals surface area contributed by atoms with Gasteiger partial charge in [0, 0.05) is 24.3 Å². The number of halogens is 4. The SMILES string of the molecule is NCC[C@H](CCCCOc1cc(F)c(-n2c(N)c(C(=O)c3ccc(F)cc3F)ccc2=O)c(F)c1)C(=O)OC1CCCC1. The number of nitrogens with zero attached hydrogens (tertiary/aromatic N) is 1. The number of rotatable bonds is 13. The molecule has 1 aliphatic rings. The van der Waals surface area contributed by atoms with Crippen LogP contribution < -0.4 is 21.8 Å². The van der Waals surface area contributed by atoms with Crippen molar-refractivity contribution >= 4 is 17.6 Å². The van der Waals surface area contributed by atoms with Crippen molar-refractivity contribution in [3.8, 4) is 11.4 Å². The highest BCUT2D eigenvalue weighted by molar-refractivity contribution is 6.11. The van der Waals surface area contributed by atoms with Gasteiger partial charge in [-0.3, -0.25) is 19.0 Å².